The van der Waals surface area contributed by atoms with E-state index in [9.17, 15) is 4.39 Å². The summed E-state index contributed by atoms with van der Waals surface area (Å²) in [6, 6.07) is 8.03. The highest BCUT2D eigenvalue weighted by Gasteiger charge is 2.30. The summed E-state index contributed by atoms with van der Waals surface area (Å²) < 4.78 is 13.8. The summed E-state index contributed by atoms with van der Waals surface area (Å²) in [5.41, 5.74) is 0.781. The Labute approximate surface area is 121 Å². The quantitative estimate of drug-likeness (QED) is 0.870. The van der Waals surface area contributed by atoms with Crippen molar-refractivity contribution in [1.29, 1.82) is 0 Å². The van der Waals surface area contributed by atoms with Crippen LogP contribution in [-0.2, 0) is 0 Å². The van der Waals surface area contributed by atoms with Crippen molar-refractivity contribution >= 4 is 5.69 Å². The maximum absolute atomic E-state index is 13.8. The maximum Gasteiger partial charge on any atom is 0.146 e. The van der Waals surface area contributed by atoms with Gasteiger partial charge in [-0.05, 0) is 43.7 Å². The molecular formula is C17H26FN2+. The van der Waals surface area contributed by atoms with Crippen LogP contribution in [-0.4, -0.2) is 32.2 Å². The highest BCUT2D eigenvalue weighted by Crippen LogP contribution is 2.23. The molecule has 110 valence electrons. The van der Waals surface area contributed by atoms with Crippen molar-refractivity contribution in [2.45, 2.75) is 38.6 Å². The highest BCUT2D eigenvalue weighted by molar-refractivity contribution is 5.47. The molecule has 3 heteroatoms. The SMILES string of the molecule is CC1CCC([NH+]2CCN(c3ccccc3F)CC2)CC1. The van der Waals surface area contributed by atoms with Gasteiger partial charge in [0.1, 0.15) is 5.82 Å². The van der Waals surface area contributed by atoms with Gasteiger partial charge >= 0.3 is 0 Å². The molecule has 0 radical (unpaired) electrons. The monoisotopic (exact) mass is 277 g/mol. The van der Waals surface area contributed by atoms with Gasteiger partial charge in [0.25, 0.3) is 0 Å². The van der Waals surface area contributed by atoms with Crippen molar-refractivity contribution in [3.8, 4) is 0 Å². The predicted molar refractivity (Wildman–Crippen MR) is 80.7 cm³/mol. The van der Waals surface area contributed by atoms with Crippen LogP contribution in [0.2, 0.25) is 0 Å². The van der Waals surface area contributed by atoms with Crippen molar-refractivity contribution in [3.63, 3.8) is 0 Å². The zero-order chi connectivity index (χ0) is 13.9. The fraction of sp³-hybridized carbons (Fsp3) is 0.647. The van der Waals surface area contributed by atoms with Crippen LogP contribution < -0.4 is 9.80 Å². The molecule has 0 amide bonds. The number of nitrogens with zero attached hydrogens (tertiary/aromatic N) is 1. The van der Waals surface area contributed by atoms with Crippen LogP contribution in [0.1, 0.15) is 32.6 Å². The van der Waals surface area contributed by atoms with Gasteiger partial charge in [-0.1, -0.05) is 19.1 Å². The number of para-hydroxylation sites is 1. The number of benzene rings is 1. The van der Waals surface area contributed by atoms with Crippen LogP contribution in [0, 0.1) is 11.7 Å². The minimum absolute atomic E-state index is 0.0811. The molecule has 20 heavy (non-hydrogen) atoms. The lowest BCUT2D eigenvalue weighted by Gasteiger charge is -2.39. The fourth-order valence-corrected chi connectivity index (χ4v) is 3.82. The van der Waals surface area contributed by atoms with E-state index in [-0.39, 0.29) is 5.82 Å². The van der Waals surface area contributed by atoms with Crippen molar-refractivity contribution in [2.24, 2.45) is 5.92 Å². The molecule has 3 rings (SSSR count). The number of quaternary nitrogens is 1. The van der Waals surface area contributed by atoms with E-state index in [0.717, 1.165) is 43.8 Å². The normalized spacial score (nSPS) is 28.6. The third-order valence-corrected chi connectivity index (χ3v) is 5.19. The molecule has 1 aromatic carbocycles. The second kappa shape index (κ2) is 6.13. The van der Waals surface area contributed by atoms with Gasteiger partial charge in [-0.2, -0.15) is 0 Å². The number of halogens is 1. The molecule has 2 fully saturated rings. The molecule has 1 saturated carbocycles. The predicted octanol–water partition coefficient (Wildman–Crippen LogP) is 2.11. The Hall–Kier alpha value is -1.09. The van der Waals surface area contributed by atoms with Crippen molar-refractivity contribution in [2.75, 3.05) is 31.1 Å². The molecule has 1 aromatic rings. The minimum atomic E-state index is -0.0811. The van der Waals surface area contributed by atoms with Gasteiger partial charge in [-0.3, -0.25) is 0 Å². The molecule has 1 saturated heterocycles. The molecule has 0 spiro atoms. The van der Waals surface area contributed by atoms with Gasteiger partial charge in [0.2, 0.25) is 0 Å². The number of anilines is 1. The zero-order valence-corrected chi connectivity index (χ0v) is 12.4. The number of piperazine rings is 1. The molecular weight excluding hydrogens is 251 g/mol. The summed E-state index contributed by atoms with van der Waals surface area (Å²) in [5, 5.41) is 0. The summed E-state index contributed by atoms with van der Waals surface area (Å²) in [4.78, 5) is 3.97. The van der Waals surface area contributed by atoms with Crippen LogP contribution >= 0.6 is 0 Å². The van der Waals surface area contributed by atoms with Crippen LogP contribution in [0.5, 0.6) is 0 Å². The molecule has 1 aliphatic heterocycles. The number of hydrogen-bond donors (Lipinski definition) is 1. The molecule has 0 bridgehead atoms. The lowest BCUT2D eigenvalue weighted by atomic mass is 9.86. The Morgan fingerprint density at radius 1 is 1.05 bits per heavy atom. The Kier molecular flexibility index (Phi) is 4.25. The number of nitrogens with one attached hydrogen (secondary N) is 1. The van der Waals surface area contributed by atoms with Gasteiger partial charge < -0.3 is 9.80 Å². The first-order valence-corrected chi connectivity index (χ1v) is 8.08. The van der Waals surface area contributed by atoms with Gasteiger partial charge in [0, 0.05) is 0 Å². The zero-order valence-electron chi connectivity index (χ0n) is 12.4. The Balaban J connectivity index is 1.56. The van der Waals surface area contributed by atoms with Crippen LogP contribution in [0.25, 0.3) is 0 Å². The van der Waals surface area contributed by atoms with E-state index in [1.807, 2.05) is 12.1 Å². The van der Waals surface area contributed by atoms with Gasteiger partial charge in [-0.25, -0.2) is 4.39 Å². The minimum Gasteiger partial charge on any atom is -0.358 e. The average Bonchev–Trinajstić information content (AvgIpc) is 2.49. The molecule has 0 unspecified atom stereocenters. The Morgan fingerprint density at radius 2 is 1.70 bits per heavy atom. The Morgan fingerprint density at radius 3 is 2.35 bits per heavy atom. The van der Waals surface area contributed by atoms with Crippen molar-refractivity contribution < 1.29 is 9.29 Å². The molecule has 1 aliphatic carbocycles. The standard InChI is InChI=1S/C17H25FN2/c1-14-6-8-15(9-7-14)19-10-12-20(13-11-19)17-5-3-2-4-16(17)18/h2-5,14-15H,6-13H2,1H3/p+1. The average molecular weight is 277 g/mol. The van der Waals surface area contributed by atoms with Gasteiger partial charge in [0.05, 0.1) is 37.9 Å². The molecule has 1 N–H and O–H groups in total. The highest BCUT2D eigenvalue weighted by atomic mass is 19.1. The summed E-state index contributed by atoms with van der Waals surface area (Å²) in [6.45, 7) is 6.67. The fourth-order valence-electron chi connectivity index (χ4n) is 3.82. The first kappa shape index (κ1) is 13.9. The first-order valence-electron chi connectivity index (χ1n) is 8.08. The molecule has 2 aliphatic rings. The summed E-state index contributed by atoms with van der Waals surface area (Å²) >= 11 is 0. The van der Waals surface area contributed by atoms with E-state index in [2.05, 4.69) is 11.8 Å². The molecule has 1 heterocycles. The lowest BCUT2D eigenvalue weighted by Crippen LogP contribution is -3.18. The molecule has 2 nitrogen and oxygen atoms in total. The topological polar surface area (TPSA) is 7.68 Å². The summed E-state index contributed by atoms with van der Waals surface area (Å²) in [7, 11) is 0. The van der Waals surface area contributed by atoms with E-state index in [1.54, 1.807) is 17.0 Å². The molecule has 0 atom stereocenters. The van der Waals surface area contributed by atoms with E-state index < -0.39 is 0 Å². The second-order valence-corrected chi connectivity index (χ2v) is 6.55. The van der Waals surface area contributed by atoms with Gasteiger partial charge in [-0.15, -0.1) is 0 Å². The number of hydrogen-bond acceptors (Lipinski definition) is 1. The van der Waals surface area contributed by atoms with E-state index in [0.29, 0.717) is 0 Å². The van der Waals surface area contributed by atoms with E-state index in [4.69, 9.17) is 0 Å². The largest absolute Gasteiger partial charge is 0.358 e. The summed E-state index contributed by atoms with van der Waals surface area (Å²) in [6.07, 6.45) is 5.56. The van der Waals surface area contributed by atoms with Crippen LogP contribution in [0.15, 0.2) is 24.3 Å². The Bertz CT molecular complexity index is 432. The summed E-state index contributed by atoms with van der Waals surface area (Å²) in [5.74, 6) is 0.841. The van der Waals surface area contributed by atoms with E-state index in [1.165, 1.54) is 25.7 Å². The molecule has 0 aromatic heterocycles. The smallest absolute Gasteiger partial charge is 0.146 e. The number of rotatable bonds is 2. The van der Waals surface area contributed by atoms with Crippen LogP contribution in [0.3, 0.4) is 0 Å². The van der Waals surface area contributed by atoms with Crippen molar-refractivity contribution in [1.82, 2.24) is 0 Å². The van der Waals surface area contributed by atoms with Gasteiger partial charge in [0.15, 0.2) is 0 Å². The first-order chi connectivity index (χ1) is 9.74. The lowest BCUT2D eigenvalue weighted by molar-refractivity contribution is -0.927. The van der Waals surface area contributed by atoms with Crippen LogP contribution in [0.4, 0.5) is 10.1 Å². The second-order valence-electron chi connectivity index (χ2n) is 6.55. The third-order valence-electron chi connectivity index (χ3n) is 5.19. The van der Waals surface area contributed by atoms with E-state index >= 15 is 0 Å². The maximum atomic E-state index is 13.8. The van der Waals surface area contributed by atoms with Crippen molar-refractivity contribution in [3.05, 3.63) is 30.1 Å². The third kappa shape index (κ3) is 2.98.